The van der Waals surface area contributed by atoms with Gasteiger partial charge in [-0.05, 0) is 61.7 Å². The van der Waals surface area contributed by atoms with Gasteiger partial charge in [0.2, 0.25) is 5.91 Å². The average molecular weight is 339 g/mol. The quantitative estimate of drug-likeness (QED) is 0.744. The first-order valence-corrected chi connectivity index (χ1v) is 8.44. The lowest BCUT2D eigenvalue weighted by Gasteiger charge is -2.13. The zero-order valence-electron chi connectivity index (χ0n) is 15.2. The minimum absolute atomic E-state index is 0.0696. The molecule has 2 aromatic carbocycles. The highest BCUT2D eigenvalue weighted by molar-refractivity contribution is 6.01. The third-order valence-electron chi connectivity index (χ3n) is 3.61. The van der Waals surface area contributed by atoms with Crippen molar-refractivity contribution in [2.75, 3.05) is 12.4 Å². The van der Waals surface area contributed by atoms with E-state index in [4.69, 9.17) is 9.47 Å². The van der Waals surface area contributed by atoms with Crippen LogP contribution in [-0.2, 0) is 11.2 Å². The molecule has 2 rings (SSSR count). The summed E-state index contributed by atoms with van der Waals surface area (Å²) < 4.78 is 11.0. The highest BCUT2D eigenvalue weighted by atomic mass is 16.5. The molecular formula is C21H25NO3. The van der Waals surface area contributed by atoms with Crippen LogP contribution in [0, 0.1) is 0 Å². The van der Waals surface area contributed by atoms with Crippen LogP contribution in [0.5, 0.6) is 11.5 Å². The predicted octanol–water partition coefficient (Wildman–Crippen LogP) is 4.70. The van der Waals surface area contributed by atoms with Gasteiger partial charge in [-0.25, -0.2) is 0 Å². The SMILES string of the molecule is CCc1ccc(NC(=O)C=Cc2ccc(OC(C)C)c(OC)c2)cc1. The minimum Gasteiger partial charge on any atom is -0.493 e. The van der Waals surface area contributed by atoms with Gasteiger partial charge in [0.25, 0.3) is 0 Å². The smallest absolute Gasteiger partial charge is 0.248 e. The van der Waals surface area contributed by atoms with Crippen molar-refractivity contribution in [2.24, 2.45) is 0 Å². The van der Waals surface area contributed by atoms with E-state index in [0.29, 0.717) is 11.5 Å². The Labute approximate surface area is 149 Å². The van der Waals surface area contributed by atoms with Crippen molar-refractivity contribution in [3.63, 3.8) is 0 Å². The third-order valence-corrected chi connectivity index (χ3v) is 3.61. The molecule has 0 heterocycles. The number of methoxy groups -OCH3 is 1. The summed E-state index contributed by atoms with van der Waals surface area (Å²) in [7, 11) is 1.60. The topological polar surface area (TPSA) is 47.6 Å². The lowest BCUT2D eigenvalue weighted by atomic mass is 10.1. The number of nitrogens with one attached hydrogen (secondary N) is 1. The Balaban J connectivity index is 2.03. The molecule has 1 amide bonds. The largest absolute Gasteiger partial charge is 0.493 e. The van der Waals surface area contributed by atoms with E-state index in [0.717, 1.165) is 17.7 Å². The van der Waals surface area contributed by atoms with E-state index >= 15 is 0 Å². The molecule has 0 unspecified atom stereocenters. The standard InChI is InChI=1S/C21H25NO3/c1-5-16-6-10-18(11-7-16)22-21(23)13-9-17-8-12-19(25-15(2)3)20(14-17)24-4/h6-15H,5H2,1-4H3,(H,22,23). The summed E-state index contributed by atoms with van der Waals surface area (Å²) in [5.41, 5.74) is 2.89. The predicted molar refractivity (Wildman–Crippen MR) is 102 cm³/mol. The van der Waals surface area contributed by atoms with Crippen molar-refractivity contribution < 1.29 is 14.3 Å². The second kappa shape index (κ2) is 8.92. The number of hydrogen-bond donors (Lipinski definition) is 1. The molecule has 4 heteroatoms. The van der Waals surface area contributed by atoms with Crippen LogP contribution >= 0.6 is 0 Å². The lowest BCUT2D eigenvalue weighted by molar-refractivity contribution is -0.111. The molecule has 0 saturated carbocycles. The number of amides is 1. The monoisotopic (exact) mass is 339 g/mol. The fourth-order valence-corrected chi connectivity index (χ4v) is 2.32. The fraction of sp³-hybridized carbons (Fsp3) is 0.286. The lowest BCUT2D eigenvalue weighted by Crippen LogP contribution is -2.07. The van der Waals surface area contributed by atoms with Gasteiger partial charge >= 0.3 is 0 Å². The van der Waals surface area contributed by atoms with Crippen LogP contribution in [0.25, 0.3) is 6.08 Å². The van der Waals surface area contributed by atoms with Crippen LogP contribution in [0.4, 0.5) is 5.69 Å². The van der Waals surface area contributed by atoms with Gasteiger partial charge < -0.3 is 14.8 Å². The van der Waals surface area contributed by atoms with Gasteiger partial charge in [0.1, 0.15) is 0 Å². The Morgan fingerprint density at radius 2 is 1.84 bits per heavy atom. The molecule has 0 aromatic heterocycles. The van der Waals surface area contributed by atoms with Crippen molar-refractivity contribution >= 4 is 17.7 Å². The Morgan fingerprint density at radius 1 is 1.12 bits per heavy atom. The fourth-order valence-electron chi connectivity index (χ4n) is 2.32. The molecular weight excluding hydrogens is 314 g/mol. The number of benzene rings is 2. The van der Waals surface area contributed by atoms with Crippen LogP contribution in [-0.4, -0.2) is 19.1 Å². The van der Waals surface area contributed by atoms with Crippen LogP contribution in [0.3, 0.4) is 0 Å². The Kier molecular flexibility index (Phi) is 6.63. The summed E-state index contributed by atoms with van der Waals surface area (Å²) in [6, 6.07) is 13.4. The molecule has 0 saturated heterocycles. The summed E-state index contributed by atoms with van der Waals surface area (Å²) in [5.74, 6) is 1.16. The van der Waals surface area contributed by atoms with Gasteiger partial charge in [-0.15, -0.1) is 0 Å². The van der Waals surface area contributed by atoms with Crippen molar-refractivity contribution in [2.45, 2.75) is 33.3 Å². The molecule has 25 heavy (non-hydrogen) atoms. The second-order valence-electron chi connectivity index (χ2n) is 5.95. The molecule has 0 aliphatic rings. The molecule has 0 aliphatic heterocycles. The summed E-state index contributed by atoms with van der Waals surface area (Å²) in [6.07, 6.45) is 4.30. The van der Waals surface area contributed by atoms with E-state index < -0.39 is 0 Å². The molecule has 0 bridgehead atoms. The third kappa shape index (κ3) is 5.68. The van der Waals surface area contributed by atoms with E-state index in [1.165, 1.54) is 11.6 Å². The van der Waals surface area contributed by atoms with Crippen LogP contribution in [0.1, 0.15) is 31.9 Å². The molecule has 2 aromatic rings. The first-order valence-electron chi connectivity index (χ1n) is 8.44. The van der Waals surface area contributed by atoms with Crippen molar-refractivity contribution in [1.29, 1.82) is 0 Å². The summed E-state index contributed by atoms with van der Waals surface area (Å²) in [6.45, 7) is 6.03. The summed E-state index contributed by atoms with van der Waals surface area (Å²) in [5, 5.41) is 2.85. The number of ether oxygens (including phenoxy) is 2. The molecule has 1 N–H and O–H groups in total. The van der Waals surface area contributed by atoms with Crippen molar-refractivity contribution in [1.82, 2.24) is 0 Å². The Bertz CT molecular complexity index is 733. The zero-order chi connectivity index (χ0) is 18.2. The summed E-state index contributed by atoms with van der Waals surface area (Å²) in [4.78, 5) is 12.1. The second-order valence-corrected chi connectivity index (χ2v) is 5.95. The first kappa shape index (κ1) is 18.6. The number of anilines is 1. The van der Waals surface area contributed by atoms with Gasteiger partial charge in [-0.3, -0.25) is 4.79 Å². The minimum atomic E-state index is -0.175. The molecule has 0 fully saturated rings. The van der Waals surface area contributed by atoms with E-state index in [2.05, 4.69) is 12.2 Å². The van der Waals surface area contributed by atoms with E-state index in [9.17, 15) is 4.79 Å². The van der Waals surface area contributed by atoms with E-state index in [1.807, 2.05) is 56.3 Å². The number of carbonyl (C=O) groups is 1. The molecule has 0 aliphatic carbocycles. The maximum absolute atomic E-state index is 12.1. The van der Waals surface area contributed by atoms with Gasteiger partial charge in [-0.2, -0.15) is 0 Å². The van der Waals surface area contributed by atoms with Gasteiger partial charge in [0, 0.05) is 11.8 Å². The van der Waals surface area contributed by atoms with Crippen LogP contribution in [0.15, 0.2) is 48.5 Å². The highest BCUT2D eigenvalue weighted by Crippen LogP contribution is 2.29. The van der Waals surface area contributed by atoms with Gasteiger partial charge in [0.05, 0.1) is 13.2 Å². The molecule has 132 valence electrons. The van der Waals surface area contributed by atoms with Crippen molar-refractivity contribution in [3.8, 4) is 11.5 Å². The van der Waals surface area contributed by atoms with Crippen LogP contribution in [0.2, 0.25) is 0 Å². The molecule has 4 nitrogen and oxygen atoms in total. The maximum Gasteiger partial charge on any atom is 0.248 e. The van der Waals surface area contributed by atoms with Crippen molar-refractivity contribution in [3.05, 3.63) is 59.7 Å². The van der Waals surface area contributed by atoms with Crippen LogP contribution < -0.4 is 14.8 Å². The Morgan fingerprint density at radius 3 is 2.44 bits per heavy atom. The average Bonchev–Trinajstić information content (AvgIpc) is 2.61. The Hall–Kier alpha value is -2.75. The summed E-state index contributed by atoms with van der Waals surface area (Å²) >= 11 is 0. The molecule has 0 radical (unpaired) electrons. The molecule has 0 atom stereocenters. The maximum atomic E-state index is 12.1. The highest BCUT2D eigenvalue weighted by Gasteiger charge is 2.06. The van der Waals surface area contributed by atoms with E-state index in [1.54, 1.807) is 13.2 Å². The first-order chi connectivity index (χ1) is 12.0. The van der Waals surface area contributed by atoms with Gasteiger partial charge in [-0.1, -0.05) is 25.1 Å². The number of aryl methyl sites for hydroxylation is 1. The number of rotatable bonds is 7. The van der Waals surface area contributed by atoms with E-state index in [-0.39, 0.29) is 12.0 Å². The zero-order valence-corrected chi connectivity index (χ0v) is 15.2. The normalized spacial score (nSPS) is 10.9. The number of carbonyl (C=O) groups excluding carboxylic acids is 1. The van der Waals surface area contributed by atoms with Gasteiger partial charge in [0.15, 0.2) is 11.5 Å². The molecule has 0 spiro atoms. The number of hydrogen-bond acceptors (Lipinski definition) is 3.